The van der Waals surface area contributed by atoms with Gasteiger partial charge in [0.05, 0.1) is 12.2 Å². The van der Waals surface area contributed by atoms with Gasteiger partial charge in [-0.25, -0.2) is 9.97 Å². The SMILES string of the molecule is OC1CN(c2ccncn2)CC1O. The number of rotatable bonds is 1. The summed E-state index contributed by atoms with van der Waals surface area (Å²) in [5.74, 6) is 0.741. The summed E-state index contributed by atoms with van der Waals surface area (Å²) in [5.41, 5.74) is 0. The molecule has 5 heteroatoms. The molecule has 1 aromatic rings. The number of aliphatic hydroxyl groups is 2. The highest BCUT2D eigenvalue weighted by molar-refractivity contribution is 5.38. The monoisotopic (exact) mass is 181 g/mol. The van der Waals surface area contributed by atoms with Crippen molar-refractivity contribution in [1.82, 2.24) is 9.97 Å². The molecule has 1 aliphatic heterocycles. The van der Waals surface area contributed by atoms with Crippen molar-refractivity contribution in [3.8, 4) is 0 Å². The molecule has 2 heterocycles. The van der Waals surface area contributed by atoms with Crippen LogP contribution in [0.4, 0.5) is 5.82 Å². The molecule has 0 spiro atoms. The van der Waals surface area contributed by atoms with Crippen LogP contribution in [0.5, 0.6) is 0 Å². The largest absolute Gasteiger partial charge is 0.389 e. The first kappa shape index (κ1) is 8.40. The summed E-state index contributed by atoms with van der Waals surface area (Å²) >= 11 is 0. The summed E-state index contributed by atoms with van der Waals surface area (Å²) in [6.45, 7) is 0.857. The quantitative estimate of drug-likeness (QED) is 0.582. The van der Waals surface area contributed by atoms with Crippen LogP contribution in [0.15, 0.2) is 18.6 Å². The predicted molar refractivity (Wildman–Crippen MR) is 46.3 cm³/mol. The zero-order valence-electron chi connectivity index (χ0n) is 7.04. The van der Waals surface area contributed by atoms with E-state index in [9.17, 15) is 10.2 Å². The average Bonchev–Trinajstić information content (AvgIpc) is 2.49. The third-order valence-corrected chi connectivity index (χ3v) is 2.15. The van der Waals surface area contributed by atoms with Gasteiger partial charge in [-0.15, -0.1) is 0 Å². The fraction of sp³-hybridized carbons (Fsp3) is 0.500. The van der Waals surface area contributed by atoms with Crippen LogP contribution in [0, 0.1) is 0 Å². The van der Waals surface area contributed by atoms with Crippen LogP contribution in [0.3, 0.4) is 0 Å². The molecule has 0 aliphatic carbocycles. The molecule has 2 N–H and O–H groups in total. The molecule has 2 rings (SSSR count). The lowest BCUT2D eigenvalue weighted by Gasteiger charge is -2.14. The Labute approximate surface area is 75.7 Å². The maximum absolute atomic E-state index is 9.29. The first-order valence-corrected chi connectivity index (χ1v) is 4.14. The van der Waals surface area contributed by atoms with Gasteiger partial charge in [0.2, 0.25) is 0 Å². The maximum Gasteiger partial charge on any atom is 0.132 e. The van der Waals surface area contributed by atoms with Crippen molar-refractivity contribution < 1.29 is 10.2 Å². The predicted octanol–water partition coefficient (Wildman–Crippen LogP) is -0.982. The van der Waals surface area contributed by atoms with E-state index in [1.807, 2.05) is 4.90 Å². The Morgan fingerprint density at radius 3 is 2.54 bits per heavy atom. The summed E-state index contributed by atoms with van der Waals surface area (Å²) < 4.78 is 0. The van der Waals surface area contributed by atoms with Crippen molar-refractivity contribution in [3.63, 3.8) is 0 Å². The molecule has 0 saturated carbocycles. The van der Waals surface area contributed by atoms with Crippen molar-refractivity contribution in [2.75, 3.05) is 18.0 Å². The van der Waals surface area contributed by atoms with E-state index in [0.717, 1.165) is 5.82 Å². The van der Waals surface area contributed by atoms with Crippen LogP contribution < -0.4 is 4.90 Å². The van der Waals surface area contributed by atoms with Crippen LogP contribution in [0.2, 0.25) is 0 Å². The molecule has 70 valence electrons. The molecule has 5 nitrogen and oxygen atoms in total. The number of nitrogens with zero attached hydrogens (tertiary/aromatic N) is 3. The van der Waals surface area contributed by atoms with Crippen molar-refractivity contribution >= 4 is 5.82 Å². The van der Waals surface area contributed by atoms with E-state index >= 15 is 0 Å². The zero-order valence-corrected chi connectivity index (χ0v) is 7.04. The second-order valence-corrected chi connectivity index (χ2v) is 3.11. The minimum atomic E-state index is -0.671. The van der Waals surface area contributed by atoms with Gasteiger partial charge in [-0.2, -0.15) is 0 Å². The molecule has 1 fully saturated rings. The van der Waals surface area contributed by atoms with Gasteiger partial charge in [0.25, 0.3) is 0 Å². The molecule has 0 radical (unpaired) electrons. The van der Waals surface area contributed by atoms with Crippen LogP contribution in [0.25, 0.3) is 0 Å². The number of aliphatic hydroxyl groups excluding tert-OH is 2. The van der Waals surface area contributed by atoms with Gasteiger partial charge >= 0.3 is 0 Å². The molecule has 13 heavy (non-hydrogen) atoms. The molecule has 2 unspecified atom stereocenters. The Balaban J connectivity index is 2.12. The zero-order chi connectivity index (χ0) is 9.26. The Morgan fingerprint density at radius 2 is 2.00 bits per heavy atom. The normalized spacial score (nSPS) is 28.0. The van der Waals surface area contributed by atoms with Crippen molar-refractivity contribution in [1.29, 1.82) is 0 Å². The smallest absolute Gasteiger partial charge is 0.132 e. The number of β-amino-alcohol motifs (C(OH)–C–C–N with tert-alkyl or cyclic N) is 2. The third kappa shape index (κ3) is 1.61. The first-order valence-electron chi connectivity index (χ1n) is 4.14. The van der Waals surface area contributed by atoms with Crippen LogP contribution >= 0.6 is 0 Å². The highest BCUT2D eigenvalue weighted by Crippen LogP contribution is 2.16. The molecule has 2 atom stereocenters. The molecule has 0 amide bonds. The topological polar surface area (TPSA) is 69.5 Å². The molecule has 0 aromatic carbocycles. The van der Waals surface area contributed by atoms with Crippen molar-refractivity contribution in [3.05, 3.63) is 18.6 Å². The Bertz CT molecular complexity index is 270. The van der Waals surface area contributed by atoms with Crippen LogP contribution in [0.1, 0.15) is 0 Å². The first-order chi connectivity index (χ1) is 6.27. The van der Waals surface area contributed by atoms with Crippen molar-refractivity contribution in [2.24, 2.45) is 0 Å². The number of aromatic nitrogens is 2. The fourth-order valence-electron chi connectivity index (χ4n) is 1.43. The lowest BCUT2D eigenvalue weighted by atomic mass is 10.3. The third-order valence-electron chi connectivity index (χ3n) is 2.15. The van der Waals surface area contributed by atoms with Gasteiger partial charge in [-0.3, -0.25) is 0 Å². The molecule has 1 aliphatic rings. The summed E-state index contributed by atoms with van der Waals surface area (Å²) in [5, 5.41) is 18.6. The van der Waals surface area contributed by atoms with Gasteiger partial charge in [-0.05, 0) is 6.07 Å². The summed E-state index contributed by atoms with van der Waals surface area (Å²) in [4.78, 5) is 9.64. The minimum Gasteiger partial charge on any atom is -0.389 e. The van der Waals surface area contributed by atoms with Gasteiger partial charge < -0.3 is 15.1 Å². The van der Waals surface area contributed by atoms with E-state index in [4.69, 9.17) is 0 Å². The standard InChI is InChI=1S/C8H11N3O2/c12-6-3-11(4-7(6)13)8-1-2-9-5-10-8/h1-2,5-7,12-13H,3-4H2. The van der Waals surface area contributed by atoms with Crippen LogP contribution in [-0.4, -0.2) is 45.5 Å². The van der Waals surface area contributed by atoms with Crippen LogP contribution in [-0.2, 0) is 0 Å². The summed E-state index contributed by atoms with van der Waals surface area (Å²) in [6.07, 6.45) is 1.75. The second kappa shape index (κ2) is 3.27. The Kier molecular flexibility index (Phi) is 2.12. The molecule has 1 aromatic heterocycles. The number of hydrogen-bond donors (Lipinski definition) is 2. The average molecular weight is 181 g/mol. The van der Waals surface area contributed by atoms with Gasteiger partial charge in [0.15, 0.2) is 0 Å². The molecular weight excluding hydrogens is 170 g/mol. The molecular formula is C8H11N3O2. The van der Waals surface area contributed by atoms with E-state index in [2.05, 4.69) is 9.97 Å². The molecule has 1 saturated heterocycles. The van der Waals surface area contributed by atoms with Gasteiger partial charge in [0.1, 0.15) is 12.1 Å². The number of hydrogen-bond acceptors (Lipinski definition) is 5. The van der Waals surface area contributed by atoms with E-state index in [1.54, 1.807) is 12.3 Å². The van der Waals surface area contributed by atoms with Gasteiger partial charge in [0, 0.05) is 19.3 Å². The molecule has 0 bridgehead atoms. The highest BCUT2D eigenvalue weighted by atomic mass is 16.3. The summed E-state index contributed by atoms with van der Waals surface area (Å²) in [6, 6.07) is 1.75. The summed E-state index contributed by atoms with van der Waals surface area (Å²) in [7, 11) is 0. The van der Waals surface area contributed by atoms with E-state index < -0.39 is 12.2 Å². The number of anilines is 1. The lowest BCUT2D eigenvalue weighted by molar-refractivity contribution is 0.0572. The maximum atomic E-state index is 9.29. The van der Waals surface area contributed by atoms with E-state index in [0.29, 0.717) is 13.1 Å². The fourth-order valence-corrected chi connectivity index (χ4v) is 1.43. The van der Waals surface area contributed by atoms with E-state index in [1.165, 1.54) is 6.33 Å². The highest BCUT2D eigenvalue weighted by Gasteiger charge is 2.29. The van der Waals surface area contributed by atoms with Crippen molar-refractivity contribution in [2.45, 2.75) is 12.2 Å². The Morgan fingerprint density at radius 1 is 1.31 bits per heavy atom. The minimum absolute atomic E-state index is 0.429. The lowest BCUT2D eigenvalue weighted by Crippen LogP contribution is -2.22. The second-order valence-electron chi connectivity index (χ2n) is 3.11. The van der Waals surface area contributed by atoms with E-state index in [-0.39, 0.29) is 0 Å². The van der Waals surface area contributed by atoms with Gasteiger partial charge in [-0.1, -0.05) is 0 Å². The Hall–Kier alpha value is -1.20.